The van der Waals surface area contributed by atoms with Gasteiger partial charge in [-0.2, -0.15) is 4.31 Å². The van der Waals surface area contributed by atoms with Crippen molar-refractivity contribution in [1.82, 2.24) is 19.9 Å². The number of amides is 2. The number of nitrogens with one attached hydrogen (secondary N) is 2. The molecule has 38 heavy (non-hydrogen) atoms. The van der Waals surface area contributed by atoms with Gasteiger partial charge in [-0.05, 0) is 57.4 Å². The van der Waals surface area contributed by atoms with E-state index >= 15 is 0 Å². The Labute approximate surface area is 221 Å². The van der Waals surface area contributed by atoms with E-state index in [-0.39, 0.29) is 23.6 Å². The third-order valence-corrected chi connectivity index (χ3v) is 8.29. The maximum Gasteiger partial charge on any atom is 0.287 e. The van der Waals surface area contributed by atoms with Crippen molar-refractivity contribution in [3.63, 3.8) is 0 Å². The van der Waals surface area contributed by atoms with E-state index in [1.165, 1.54) is 12.3 Å². The summed E-state index contributed by atoms with van der Waals surface area (Å²) < 4.78 is 33.0. The number of para-hydroxylation sites is 1. The van der Waals surface area contributed by atoms with Crippen molar-refractivity contribution in [1.29, 1.82) is 0 Å². The quantitative estimate of drug-likeness (QED) is 0.421. The number of sulfonamides is 1. The first-order valence-electron chi connectivity index (χ1n) is 12.3. The number of pyridine rings is 1. The van der Waals surface area contributed by atoms with Crippen molar-refractivity contribution in [3.05, 3.63) is 72.6 Å². The Kier molecular flexibility index (Phi) is 8.08. The number of carbonyl (C=O) groups excluding carboxylic acids is 3. The van der Waals surface area contributed by atoms with Crippen LogP contribution in [0.5, 0.6) is 0 Å². The molecule has 1 unspecified atom stereocenters. The number of hydrogen-bond donors (Lipinski definition) is 2. The molecule has 1 aromatic carbocycles. The van der Waals surface area contributed by atoms with Crippen LogP contribution in [0.15, 0.2) is 76.3 Å². The molecule has 1 saturated heterocycles. The van der Waals surface area contributed by atoms with Crippen molar-refractivity contribution < 1.29 is 27.2 Å². The van der Waals surface area contributed by atoms with Crippen molar-refractivity contribution in [2.75, 3.05) is 6.54 Å². The predicted octanol–water partition coefficient (Wildman–Crippen LogP) is 2.82. The van der Waals surface area contributed by atoms with Crippen LogP contribution in [0.1, 0.15) is 43.7 Å². The third-order valence-electron chi connectivity index (χ3n) is 6.42. The Morgan fingerprint density at radius 1 is 1.18 bits per heavy atom. The Morgan fingerprint density at radius 3 is 2.61 bits per heavy atom. The SMILES string of the molecule is C=C(C)CC(NC(=O)c1cc2ccccc2o1)C(=O)N[C@H]1CC[C@@H](C)N(S(=O)(=O)c2ccccn2)CC1=O. The molecule has 4 rings (SSSR count). The molecular formula is C27H30N4O6S. The standard InChI is InChI=1S/C27H30N4O6S/c1-17(2)14-21(30-27(34)24-15-19-8-4-5-9-23(19)37-24)26(33)29-20-12-11-18(3)31(16-22(20)32)38(35,36)25-10-6-7-13-28-25/h4-10,13,15,18,20-21H,1,11-12,14,16H2,2-3H3,(H,29,33)(H,30,34)/t18-,20+,21?/m1/s1. The molecule has 1 fully saturated rings. The van der Waals surface area contributed by atoms with Crippen molar-refractivity contribution in [2.45, 2.75) is 56.3 Å². The number of ketones is 1. The molecule has 3 heterocycles. The fraction of sp³-hybridized carbons (Fsp3) is 0.333. The second-order valence-electron chi connectivity index (χ2n) is 9.51. The fourth-order valence-electron chi connectivity index (χ4n) is 4.38. The number of benzene rings is 1. The molecular weight excluding hydrogens is 508 g/mol. The van der Waals surface area contributed by atoms with E-state index in [0.717, 1.165) is 9.69 Å². The minimum Gasteiger partial charge on any atom is -0.451 e. The summed E-state index contributed by atoms with van der Waals surface area (Å²) in [5.41, 5.74) is 1.20. The molecule has 3 atom stereocenters. The molecule has 10 nitrogen and oxygen atoms in total. The zero-order valence-electron chi connectivity index (χ0n) is 21.2. The number of nitrogens with zero attached hydrogens (tertiary/aromatic N) is 2. The molecule has 0 aliphatic carbocycles. The van der Waals surface area contributed by atoms with Gasteiger partial charge in [0.1, 0.15) is 11.6 Å². The molecule has 3 aromatic rings. The molecule has 1 aliphatic rings. The second kappa shape index (κ2) is 11.3. The van der Waals surface area contributed by atoms with Gasteiger partial charge in [0.2, 0.25) is 5.91 Å². The van der Waals surface area contributed by atoms with E-state index in [1.54, 1.807) is 44.2 Å². The summed E-state index contributed by atoms with van der Waals surface area (Å²) in [5.74, 6) is -1.53. The number of furan rings is 1. The summed E-state index contributed by atoms with van der Waals surface area (Å²) in [6.45, 7) is 6.89. The summed E-state index contributed by atoms with van der Waals surface area (Å²) in [6, 6.07) is 10.9. The van der Waals surface area contributed by atoms with Gasteiger partial charge in [-0.1, -0.05) is 29.8 Å². The zero-order chi connectivity index (χ0) is 27.4. The average Bonchev–Trinajstić information content (AvgIpc) is 3.27. The largest absolute Gasteiger partial charge is 0.451 e. The van der Waals surface area contributed by atoms with Crippen LogP contribution in [0.2, 0.25) is 0 Å². The average molecular weight is 539 g/mol. The van der Waals surface area contributed by atoms with Crippen molar-refractivity contribution >= 4 is 38.6 Å². The summed E-state index contributed by atoms with van der Waals surface area (Å²) >= 11 is 0. The normalized spacial score (nSPS) is 19.5. The van der Waals surface area contributed by atoms with Gasteiger partial charge in [0.05, 0.1) is 12.6 Å². The lowest BCUT2D eigenvalue weighted by Crippen LogP contribution is -2.52. The third kappa shape index (κ3) is 6.00. The Balaban J connectivity index is 1.47. The van der Waals surface area contributed by atoms with Gasteiger partial charge in [0.15, 0.2) is 16.6 Å². The van der Waals surface area contributed by atoms with E-state index < -0.39 is 52.3 Å². The highest BCUT2D eigenvalue weighted by Gasteiger charge is 2.38. The zero-order valence-corrected chi connectivity index (χ0v) is 22.0. The lowest BCUT2D eigenvalue weighted by Gasteiger charge is -2.25. The summed E-state index contributed by atoms with van der Waals surface area (Å²) in [5, 5.41) is 6.01. The van der Waals surface area contributed by atoms with Crippen LogP contribution in [0, 0.1) is 0 Å². The topological polar surface area (TPSA) is 139 Å². The minimum atomic E-state index is -4.00. The van der Waals surface area contributed by atoms with Crippen LogP contribution in [0.25, 0.3) is 11.0 Å². The summed E-state index contributed by atoms with van der Waals surface area (Å²) in [6.07, 6.45) is 2.12. The summed E-state index contributed by atoms with van der Waals surface area (Å²) in [7, 11) is -4.00. The fourth-order valence-corrected chi connectivity index (χ4v) is 5.94. The molecule has 200 valence electrons. The van der Waals surface area contributed by atoms with Gasteiger partial charge in [0.25, 0.3) is 15.9 Å². The molecule has 0 bridgehead atoms. The first kappa shape index (κ1) is 27.2. The maximum atomic E-state index is 13.2. The number of aromatic nitrogens is 1. The Morgan fingerprint density at radius 2 is 1.92 bits per heavy atom. The molecule has 0 spiro atoms. The minimum absolute atomic E-state index is 0.0560. The van der Waals surface area contributed by atoms with E-state index in [2.05, 4.69) is 22.2 Å². The van der Waals surface area contributed by atoms with Gasteiger partial charge < -0.3 is 15.1 Å². The number of hydrogen-bond acceptors (Lipinski definition) is 7. The van der Waals surface area contributed by atoms with Crippen molar-refractivity contribution in [3.8, 4) is 0 Å². The van der Waals surface area contributed by atoms with Crippen LogP contribution in [0.3, 0.4) is 0 Å². The lowest BCUT2D eigenvalue weighted by molar-refractivity contribution is -0.128. The molecule has 2 aromatic heterocycles. The molecule has 11 heteroatoms. The highest BCUT2D eigenvalue weighted by molar-refractivity contribution is 7.89. The van der Waals surface area contributed by atoms with E-state index in [1.807, 2.05) is 12.1 Å². The lowest BCUT2D eigenvalue weighted by atomic mass is 10.0. The Hall–Kier alpha value is -3.83. The number of carbonyl (C=O) groups is 3. The molecule has 2 N–H and O–H groups in total. The van der Waals surface area contributed by atoms with Gasteiger partial charge >= 0.3 is 0 Å². The van der Waals surface area contributed by atoms with Gasteiger partial charge in [-0.3, -0.25) is 14.4 Å². The van der Waals surface area contributed by atoms with Crippen LogP contribution in [-0.4, -0.2) is 60.0 Å². The number of Topliss-reactive ketones (excluding diaryl/α,β-unsaturated/α-hetero) is 1. The van der Waals surface area contributed by atoms with Crippen LogP contribution in [0.4, 0.5) is 0 Å². The molecule has 0 saturated carbocycles. The van der Waals surface area contributed by atoms with Crippen molar-refractivity contribution in [2.24, 2.45) is 0 Å². The smallest absolute Gasteiger partial charge is 0.287 e. The van der Waals surface area contributed by atoms with E-state index in [9.17, 15) is 22.8 Å². The maximum absolute atomic E-state index is 13.2. The highest BCUT2D eigenvalue weighted by Crippen LogP contribution is 2.23. The van der Waals surface area contributed by atoms with E-state index in [4.69, 9.17) is 4.42 Å². The van der Waals surface area contributed by atoms with Gasteiger partial charge in [-0.15, -0.1) is 6.58 Å². The molecule has 2 amide bonds. The van der Waals surface area contributed by atoms with Gasteiger partial charge in [0, 0.05) is 17.6 Å². The first-order valence-corrected chi connectivity index (χ1v) is 13.7. The summed E-state index contributed by atoms with van der Waals surface area (Å²) in [4.78, 5) is 43.2. The molecule has 0 radical (unpaired) electrons. The van der Waals surface area contributed by atoms with Gasteiger partial charge in [-0.25, -0.2) is 13.4 Å². The highest BCUT2D eigenvalue weighted by atomic mass is 32.2. The number of rotatable bonds is 8. The second-order valence-corrected chi connectivity index (χ2v) is 11.3. The van der Waals surface area contributed by atoms with E-state index in [0.29, 0.717) is 17.6 Å². The van der Waals surface area contributed by atoms with Crippen LogP contribution >= 0.6 is 0 Å². The van der Waals surface area contributed by atoms with Crippen LogP contribution < -0.4 is 10.6 Å². The first-order chi connectivity index (χ1) is 18.1. The monoisotopic (exact) mass is 538 g/mol. The Bertz CT molecular complexity index is 1430. The van der Waals surface area contributed by atoms with Crippen LogP contribution in [-0.2, 0) is 19.6 Å². The predicted molar refractivity (Wildman–Crippen MR) is 141 cm³/mol. The number of fused-ring (bicyclic) bond motifs is 1. The molecule has 1 aliphatic heterocycles.